The fourth-order valence-electron chi connectivity index (χ4n) is 8.98. The largest absolute Gasteiger partial charge is 0.203 e. The van der Waals surface area contributed by atoms with Gasteiger partial charge in [0.15, 0.2) is 23.3 Å². The lowest BCUT2D eigenvalue weighted by Gasteiger charge is -2.24. The van der Waals surface area contributed by atoms with Crippen LogP contribution in [0.5, 0.6) is 0 Å². The highest BCUT2D eigenvalue weighted by atomic mass is 19.2. The van der Waals surface area contributed by atoms with Gasteiger partial charge in [-0.25, -0.2) is 22.0 Å². The van der Waals surface area contributed by atoms with Crippen molar-refractivity contribution in [3.63, 3.8) is 0 Å². The number of hydrogen-bond donors (Lipinski definition) is 0. The van der Waals surface area contributed by atoms with Crippen molar-refractivity contribution < 1.29 is 22.0 Å². The van der Waals surface area contributed by atoms with Crippen LogP contribution in [0.1, 0.15) is 28.7 Å². The normalized spacial score (nSPS) is 29.4. The predicted molar refractivity (Wildman–Crippen MR) is 136 cm³/mol. The number of rotatable bonds is 2. The van der Waals surface area contributed by atoms with Gasteiger partial charge in [-0.1, -0.05) is 66.7 Å². The summed E-state index contributed by atoms with van der Waals surface area (Å²) in [6.45, 7) is 0. The van der Waals surface area contributed by atoms with Crippen LogP contribution in [0.2, 0.25) is 0 Å². The highest BCUT2D eigenvalue weighted by Crippen LogP contribution is 2.82. The monoisotopic (exact) mass is 510 g/mol. The van der Waals surface area contributed by atoms with Gasteiger partial charge in [0.05, 0.1) is 5.56 Å². The van der Waals surface area contributed by atoms with E-state index in [1.807, 2.05) is 54.6 Å². The van der Waals surface area contributed by atoms with E-state index in [4.69, 9.17) is 0 Å². The first-order chi connectivity index (χ1) is 18.5. The fourth-order valence-corrected chi connectivity index (χ4v) is 8.98. The Kier molecular flexibility index (Phi) is 3.81. The number of halogens is 5. The van der Waals surface area contributed by atoms with Crippen LogP contribution in [0.15, 0.2) is 66.7 Å². The van der Waals surface area contributed by atoms with E-state index in [1.54, 1.807) is 0 Å². The molecule has 0 aromatic heterocycles. The molecule has 0 amide bonds. The molecule has 0 nitrogen and oxygen atoms in total. The first-order valence-electron chi connectivity index (χ1n) is 13.1. The molecule has 0 saturated heterocycles. The van der Waals surface area contributed by atoms with Gasteiger partial charge in [-0.2, -0.15) is 0 Å². The molecule has 6 atom stereocenters. The van der Waals surface area contributed by atoms with Crippen LogP contribution in [-0.4, -0.2) is 0 Å². The molecule has 4 aromatic carbocycles. The van der Waals surface area contributed by atoms with E-state index in [1.165, 1.54) is 0 Å². The number of hydrogen-bond acceptors (Lipinski definition) is 0. The average Bonchev–Trinajstić information content (AvgIpc) is 3.22. The topological polar surface area (TPSA) is 0 Å². The van der Waals surface area contributed by atoms with E-state index < -0.39 is 34.6 Å². The maximum absolute atomic E-state index is 15.7. The van der Waals surface area contributed by atoms with Crippen molar-refractivity contribution in [1.82, 2.24) is 0 Å². The summed E-state index contributed by atoms with van der Waals surface area (Å²) in [5, 5.41) is 1.95. The second-order valence-electron chi connectivity index (χ2n) is 11.4. The lowest BCUT2D eigenvalue weighted by Crippen LogP contribution is -2.17. The highest BCUT2D eigenvalue weighted by molar-refractivity contribution is 6.33. The van der Waals surface area contributed by atoms with Gasteiger partial charge in [-0.15, -0.1) is 0 Å². The van der Waals surface area contributed by atoms with Crippen molar-refractivity contribution in [2.45, 2.75) is 6.42 Å². The molecule has 6 unspecified atom stereocenters. The Morgan fingerprint density at radius 3 is 1.68 bits per heavy atom. The molecule has 0 aliphatic heterocycles. The van der Waals surface area contributed by atoms with Crippen LogP contribution in [0.3, 0.4) is 0 Å². The summed E-state index contributed by atoms with van der Waals surface area (Å²) in [6, 6.07) is 21.9. The summed E-state index contributed by atoms with van der Waals surface area (Å²) in [5.41, 5.74) is 5.10. The summed E-state index contributed by atoms with van der Waals surface area (Å²) in [6.07, 6.45) is 0.923. The lowest BCUT2D eigenvalue weighted by atomic mass is 9.79. The van der Waals surface area contributed by atoms with Gasteiger partial charge in [-0.05, 0) is 91.7 Å². The summed E-state index contributed by atoms with van der Waals surface area (Å²) in [4.78, 5) is 0. The van der Waals surface area contributed by atoms with Crippen molar-refractivity contribution in [3.8, 4) is 0 Å². The zero-order chi connectivity index (χ0) is 25.6. The maximum atomic E-state index is 15.7. The molecule has 186 valence electrons. The van der Waals surface area contributed by atoms with E-state index in [0.717, 1.165) is 45.0 Å². The lowest BCUT2D eigenvalue weighted by molar-refractivity contribution is 0.373. The first kappa shape index (κ1) is 21.2. The van der Waals surface area contributed by atoms with E-state index in [9.17, 15) is 13.2 Å². The first-order valence-corrected chi connectivity index (χ1v) is 13.1. The molecule has 0 spiro atoms. The molecule has 10 rings (SSSR count). The van der Waals surface area contributed by atoms with Crippen LogP contribution in [0.25, 0.3) is 33.1 Å². The highest BCUT2D eigenvalue weighted by Gasteiger charge is 2.75. The molecule has 6 aliphatic rings. The molecule has 6 aliphatic carbocycles. The molecule has 38 heavy (non-hydrogen) atoms. The summed E-state index contributed by atoms with van der Waals surface area (Å²) >= 11 is 0. The quantitative estimate of drug-likeness (QED) is 0.144. The molecule has 0 N–H and O–H groups in total. The van der Waals surface area contributed by atoms with Crippen LogP contribution in [-0.2, 0) is 0 Å². The van der Waals surface area contributed by atoms with E-state index in [2.05, 4.69) is 12.1 Å². The molecule has 4 saturated carbocycles. The minimum Gasteiger partial charge on any atom is -0.203 e. The van der Waals surface area contributed by atoms with Crippen LogP contribution >= 0.6 is 0 Å². The second-order valence-corrected chi connectivity index (χ2v) is 11.4. The molecule has 0 radical (unpaired) electrons. The number of benzene rings is 4. The molecular weight excluding hydrogens is 491 g/mol. The standard InChI is InChI=1S/C33H19F5/c34-29-28(30(35)32(37)33(38)31(29)36)27-22-16-11-5-9-13-8-4-10-15(19(13)16)21(22)20(14-6-2-1-3-7-14)23-17-12-18-24(23)25(18)26(17)27/h1-11,17-18,23-26H,12H2. The van der Waals surface area contributed by atoms with Gasteiger partial charge >= 0.3 is 0 Å². The van der Waals surface area contributed by atoms with Gasteiger partial charge < -0.3 is 0 Å². The molecule has 6 bridgehead atoms. The van der Waals surface area contributed by atoms with Crippen molar-refractivity contribution in [3.05, 3.63) is 118 Å². The Balaban J connectivity index is 1.51. The van der Waals surface area contributed by atoms with Crippen molar-refractivity contribution in [1.29, 1.82) is 0 Å². The Labute approximate surface area is 215 Å². The molecule has 4 aromatic rings. The summed E-state index contributed by atoms with van der Waals surface area (Å²) in [7, 11) is 0. The second kappa shape index (κ2) is 6.82. The Hall–Kier alpha value is -3.73. The van der Waals surface area contributed by atoms with Crippen molar-refractivity contribution in [2.24, 2.45) is 35.5 Å². The van der Waals surface area contributed by atoms with Gasteiger partial charge in [0.25, 0.3) is 0 Å². The zero-order valence-corrected chi connectivity index (χ0v) is 19.9. The van der Waals surface area contributed by atoms with Crippen LogP contribution < -0.4 is 0 Å². The smallest absolute Gasteiger partial charge is 0.200 e. The summed E-state index contributed by atoms with van der Waals surface area (Å²) < 4.78 is 74.9. The average molecular weight is 511 g/mol. The molecule has 0 heterocycles. The van der Waals surface area contributed by atoms with Gasteiger partial charge in [0.1, 0.15) is 0 Å². The Bertz CT molecular complexity index is 1800. The molecule has 4 fully saturated rings. The van der Waals surface area contributed by atoms with E-state index in [-0.39, 0.29) is 23.7 Å². The predicted octanol–water partition coefficient (Wildman–Crippen LogP) is 8.51. The number of allylic oxidation sites excluding steroid dienone is 4. The summed E-state index contributed by atoms with van der Waals surface area (Å²) in [5.74, 6) is -8.30. The maximum Gasteiger partial charge on any atom is 0.200 e. The minimum absolute atomic E-state index is 0.104. The van der Waals surface area contributed by atoms with Gasteiger partial charge in [0, 0.05) is 0 Å². The minimum atomic E-state index is -2.11. The van der Waals surface area contributed by atoms with Gasteiger partial charge in [-0.3, -0.25) is 0 Å². The van der Waals surface area contributed by atoms with Crippen molar-refractivity contribution in [2.75, 3.05) is 0 Å². The number of fused-ring (bicyclic) bond motifs is 3. The van der Waals surface area contributed by atoms with E-state index in [0.29, 0.717) is 23.0 Å². The fraction of sp³-hybridized carbons (Fsp3) is 0.212. The third-order valence-corrected chi connectivity index (χ3v) is 10.1. The molecular formula is C33H19F5. The van der Waals surface area contributed by atoms with Crippen molar-refractivity contribution >= 4 is 33.1 Å². The Morgan fingerprint density at radius 1 is 0.526 bits per heavy atom. The zero-order valence-electron chi connectivity index (χ0n) is 19.9. The van der Waals surface area contributed by atoms with Crippen LogP contribution in [0, 0.1) is 64.6 Å². The Morgan fingerprint density at radius 2 is 1.08 bits per heavy atom. The SMILES string of the molecule is Fc1c(F)c(F)c(C2=C3C(=C(c4ccccc4)C4C5CC6C4C6C25)c2cccc4cccc3c24)c(F)c1F. The third kappa shape index (κ3) is 2.26. The van der Waals surface area contributed by atoms with Crippen LogP contribution in [0.4, 0.5) is 22.0 Å². The molecule has 5 heteroatoms. The van der Waals surface area contributed by atoms with E-state index >= 15 is 8.78 Å². The van der Waals surface area contributed by atoms with Gasteiger partial charge in [0.2, 0.25) is 5.82 Å². The third-order valence-electron chi connectivity index (χ3n) is 10.1.